The lowest BCUT2D eigenvalue weighted by molar-refractivity contribution is -0.125. The Bertz CT molecular complexity index is 394. The standard InChI is InChI=1S/C11H20N2O3S/c12-10-2-1-9(5-10)11(14)13-6-8-3-4-17(15,16)7-8/h8-10H,1-7,12H2,(H,13,14). The van der Waals surface area contributed by atoms with E-state index in [2.05, 4.69) is 5.32 Å². The molecule has 2 rings (SSSR count). The third-order valence-electron chi connectivity index (χ3n) is 3.74. The third-order valence-corrected chi connectivity index (χ3v) is 5.57. The van der Waals surface area contributed by atoms with Gasteiger partial charge in [-0.25, -0.2) is 8.42 Å². The summed E-state index contributed by atoms with van der Waals surface area (Å²) in [6.45, 7) is 0.490. The zero-order valence-electron chi connectivity index (χ0n) is 9.89. The van der Waals surface area contributed by atoms with Crippen LogP contribution in [-0.4, -0.2) is 38.4 Å². The van der Waals surface area contributed by atoms with Crippen LogP contribution in [0.2, 0.25) is 0 Å². The van der Waals surface area contributed by atoms with Crippen molar-refractivity contribution in [2.24, 2.45) is 17.6 Å². The molecule has 3 atom stereocenters. The molecule has 5 nitrogen and oxygen atoms in total. The molecule has 0 radical (unpaired) electrons. The van der Waals surface area contributed by atoms with E-state index in [1.165, 1.54) is 0 Å². The van der Waals surface area contributed by atoms with Crippen LogP contribution in [0.25, 0.3) is 0 Å². The normalized spacial score (nSPS) is 35.9. The molecule has 2 fully saturated rings. The van der Waals surface area contributed by atoms with Crippen LogP contribution in [0.3, 0.4) is 0 Å². The number of carbonyl (C=O) groups excluding carboxylic acids is 1. The zero-order chi connectivity index (χ0) is 12.5. The Kier molecular flexibility index (Phi) is 3.73. The Hall–Kier alpha value is -0.620. The molecule has 1 saturated carbocycles. The highest BCUT2D eigenvalue weighted by Crippen LogP contribution is 2.24. The van der Waals surface area contributed by atoms with Crippen molar-refractivity contribution < 1.29 is 13.2 Å². The molecule has 3 N–H and O–H groups in total. The molecule has 1 saturated heterocycles. The van der Waals surface area contributed by atoms with E-state index in [0.29, 0.717) is 13.0 Å². The van der Waals surface area contributed by atoms with Gasteiger partial charge in [-0.1, -0.05) is 0 Å². The van der Waals surface area contributed by atoms with Crippen molar-refractivity contribution in [1.82, 2.24) is 5.32 Å². The van der Waals surface area contributed by atoms with Gasteiger partial charge in [0.2, 0.25) is 5.91 Å². The molecule has 2 aliphatic rings. The van der Waals surface area contributed by atoms with Crippen LogP contribution in [0.1, 0.15) is 25.7 Å². The molecule has 6 heteroatoms. The Labute approximate surface area is 102 Å². The molecule has 0 spiro atoms. The third kappa shape index (κ3) is 3.42. The number of amides is 1. The second kappa shape index (κ2) is 4.94. The molecule has 0 aromatic rings. The maximum Gasteiger partial charge on any atom is 0.223 e. The first-order chi connectivity index (χ1) is 7.96. The summed E-state index contributed by atoms with van der Waals surface area (Å²) in [6.07, 6.45) is 3.20. The van der Waals surface area contributed by atoms with E-state index in [9.17, 15) is 13.2 Å². The highest BCUT2D eigenvalue weighted by molar-refractivity contribution is 7.91. The lowest BCUT2D eigenvalue weighted by atomic mass is 10.1. The molecule has 0 aromatic carbocycles. The van der Waals surface area contributed by atoms with Crippen molar-refractivity contribution >= 4 is 15.7 Å². The Balaban J connectivity index is 1.74. The topological polar surface area (TPSA) is 89.3 Å². The molecule has 98 valence electrons. The van der Waals surface area contributed by atoms with Gasteiger partial charge in [0.15, 0.2) is 9.84 Å². The first kappa shape index (κ1) is 12.8. The van der Waals surface area contributed by atoms with E-state index >= 15 is 0 Å². The van der Waals surface area contributed by atoms with E-state index in [0.717, 1.165) is 19.3 Å². The molecule has 0 bridgehead atoms. The van der Waals surface area contributed by atoms with Crippen molar-refractivity contribution in [2.45, 2.75) is 31.7 Å². The second-order valence-corrected chi connectivity index (χ2v) is 7.51. The SMILES string of the molecule is NC1CCC(C(=O)NCC2CCS(=O)(=O)C2)C1. The van der Waals surface area contributed by atoms with Crippen LogP contribution in [-0.2, 0) is 14.6 Å². The van der Waals surface area contributed by atoms with E-state index in [4.69, 9.17) is 5.73 Å². The fourth-order valence-corrected chi connectivity index (χ4v) is 4.54. The average Bonchev–Trinajstić information content (AvgIpc) is 2.81. The summed E-state index contributed by atoms with van der Waals surface area (Å²) in [5, 5.41) is 2.87. The Morgan fingerprint density at radius 2 is 2.06 bits per heavy atom. The minimum Gasteiger partial charge on any atom is -0.356 e. The maximum atomic E-state index is 11.8. The van der Waals surface area contributed by atoms with E-state index in [-0.39, 0.29) is 35.3 Å². The minimum absolute atomic E-state index is 0.0306. The van der Waals surface area contributed by atoms with Gasteiger partial charge in [-0.3, -0.25) is 4.79 Å². The monoisotopic (exact) mass is 260 g/mol. The largest absolute Gasteiger partial charge is 0.356 e. The van der Waals surface area contributed by atoms with Gasteiger partial charge in [-0.05, 0) is 31.6 Å². The van der Waals surface area contributed by atoms with Crippen LogP contribution >= 0.6 is 0 Å². The maximum absolute atomic E-state index is 11.8. The molecular weight excluding hydrogens is 240 g/mol. The van der Waals surface area contributed by atoms with Gasteiger partial charge in [0.25, 0.3) is 0 Å². The van der Waals surface area contributed by atoms with Crippen molar-refractivity contribution in [1.29, 1.82) is 0 Å². The van der Waals surface area contributed by atoms with Gasteiger partial charge in [-0.2, -0.15) is 0 Å². The highest BCUT2D eigenvalue weighted by atomic mass is 32.2. The van der Waals surface area contributed by atoms with Gasteiger partial charge in [0, 0.05) is 18.5 Å². The van der Waals surface area contributed by atoms with E-state index in [1.807, 2.05) is 0 Å². The molecule has 17 heavy (non-hydrogen) atoms. The zero-order valence-corrected chi connectivity index (χ0v) is 10.7. The summed E-state index contributed by atoms with van der Waals surface area (Å²) >= 11 is 0. The number of hydrogen-bond donors (Lipinski definition) is 2. The molecule has 1 heterocycles. The van der Waals surface area contributed by atoms with Crippen molar-refractivity contribution in [3.8, 4) is 0 Å². The summed E-state index contributed by atoms with van der Waals surface area (Å²) in [4.78, 5) is 11.8. The van der Waals surface area contributed by atoms with Crippen LogP contribution in [0.15, 0.2) is 0 Å². The minimum atomic E-state index is -2.84. The highest BCUT2D eigenvalue weighted by Gasteiger charge is 2.30. The lowest BCUT2D eigenvalue weighted by Gasteiger charge is -2.13. The number of carbonyl (C=O) groups is 1. The van der Waals surface area contributed by atoms with Crippen LogP contribution in [0, 0.1) is 11.8 Å². The Morgan fingerprint density at radius 3 is 2.59 bits per heavy atom. The lowest BCUT2D eigenvalue weighted by Crippen LogP contribution is -2.34. The summed E-state index contributed by atoms with van der Waals surface area (Å²) in [5.41, 5.74) is 5.76. The van der Waals surface area contributed by atoms with Gasteiger partial charge in [0.05, 0.1) is 11.5 Å². The second-order valence-electron chi connectivity index (χ2n) is 5.28. The predicted molar refractivity (Wildman–Crippen MR) is 65.1 cm³/mol. The summed E-state index contributed by atoms with van der Waals surface area (Å²) in [5.74, 6) is 0.656. The van der Waals surface area contributed by atoms with Crippen molar-refractivity contribution in [3.63, 3.8) is 0 Å². The van der Waals surface area contributed by atoms with Crippen molar-refractivity contribution in [2.75, 3.05) is 18.1 Å². The predicted octanol–water partition coefficient (Wildman–Crippen LogP) is -0.335. The molecule has 1 amide bonds. The average molecular weight is 260 g/mol. The van der Waals surface area contributed by atoms with Gasteiger partial charge in [0.1, 0.15) is 0 Å². The Morgan fingerprint density at radius 1 is 1.29 bits per heavy atom. The van der Waals surface area contributed by atoms with Crippen LogP contribution < -0.4 is 11.1 Å². The fourth-order valence-electron chi connectivity index (χ4n) is 2.68. The molecule has 0 aromatic heterocycles. The van der Waals surface area contributed by atoms with Gasteiger partial charge in [-0.15, -0.1) is 0 Å². The number of hydrogen-bond acceptors (Lipinski definition) is 4. The smallest absolute Gasteiger partial charge is 0.223 e. The number of sulfone groups is 1. The summed E-state index contributed by atoms with van der Waals surface area (Å²) in [6, 6.07) is 0.151. The number of nitrogens with one attached hydrogen (secondary N) is 1. The van der Waals surface area contributed by atoms with Gasteiger partial charge < -0.3 is 11.1 Å². The van der Waals surface area contributed by atoms with Crippen molar-refractivity contribution in [3.05, 3.63) is 0 Å². The summed E-state index contributed by atoms with van der Waals surface area (Å²) in [7, 11) is -2.84. The first-order valence-electron chi connectivity index (χ1n) is 6.20. The number of nitrogens with two attached hydrogens (primary N) is 1. The van der Waals surface area contributed by atoms with Crippen LogP contribution in [0.4, 0.5) is 0 Å². The van der Waals surface area contributed by atoms with Crippen LogP contribution in [0.5, 0.6) is 0 Å². The first-order valence-corrected chi connectivity index (χ1v) is 8.02. The molecule has 1 aliphatic carbocycles. The van der Waals surface area contributed by atoms with E-state index < -0.39 is 9.84 Å². The number of rotatable bonds is 3. The quantitative estimate of drug-likeness (QED) is 0.727. The molecule has 3 unspecified atom stereocenters. The summed E-state index contributed by atoms with van der Waals surface area (Å²) < 4.78 is 22.5. The van der Waals surface area contributed by atoms with E-state index in [1.54, 1.807) is 0 Å². The fraction of sp³-hybridized carbons (Fsp3) is 0.909. The van der Waals surface area contributed by atoms with Gasteiger partial charge >= 0.3 is 0 Å². The molecule has 1 aliphatic heterocycles. The molecular formula is C11H20N2O3S.